The molecule has 1 fully saturated rings. The van der Waals surface area contributed by atoms with Crippen LogP contribution in [0.15, 0.2) is 65.7 Å². The molecule has 0 amide bonds. The number of hydrogen-bond donors (Lipinski definition) is 0. The fourth-order valence-electron chi connectivity index (χ4n) is 2.47. The van der Waals surface area contributed by atoms with Gasteiger partial charge in [0.25, 0.3) is 0 Å². The van der Waals surface area contributed by atoms with E-state index in [1.54, 1.807) is 81.4 Å². The molecular weight excluding hydrogens is 334 g/mol. The molecule has 1 saturated carbocycles. The molecule has 2 aromatic rings. The Morgan fingerprint density at radius 1 is 1.15 bits per heavy atom. The van der Waals surface area contributed by atoms with Crippen LogP contribution < -0.4 is 0 Å². The normalized spacial score (nSPS) is 27.7. The molecule has 0 N–H and O–H groups in total. The lowest BCUT2D eigenvalue weighted by Gasteiger charge is -2.29. The second kappa shape index (κ2) is 8.51. The van der Waals surface area contributed by atoms with Crippen molar-refractivity contribution in [2.24, 2.45) is 10.9 Å². The third kappa shape index (κ3) is 5.53. The summed E-state index contributed by atoms with van der Waals surface area (Å²) in [5, 5.41) is 0. The summed E-state index contributed by atoms with van der Waals surface area (Å²) in [5.74, 6) is -4.55. The molecular formula is C24H29NO2. The average molecular weight is 373 g/mol. The predicted octanol–water partition coefficient (Wildman–Crippen LogP) is 5.42. The van der Waals surface area contributed by atoms with Gasteiger partial charge < -0.3 is 4.74 Å². The fourth-order valence-corrected chi connectivity index (χ4v) is 2.47. The number of carbonyl (C=O) groups excluding carboxylic acids is 1. The zero-order valence-corrected chi connectivity index (χ0v) is 15.6. The number of carbonyl (C=O) groups is 1. The van der Waals surface area contributed by atoms with Gasteiger partial charge in [-0.15, -0.1) is 0 Å². The summed E-state index contributed by atoms with van der Waals surface area (Å²) in [7, 11) is 0. The van der Waals surface area contributed by atoms with Crippen molar-refractivity contribution in [1.29, 1.82) is 0 Å². The van der Waals surface area contributed by atoms with E-state index in [9.17, 15) is 4.79 Å². The predicted molar refractivity (Wildman–Crippen MR) is 110 cm³/mol. The Hall–Kier alpha value is -2.42. The molecule has 2 aromatic carbocycles. The zero-order valence-electron chi connectivity index (χ0n) is 24.6. The van der Waals surface area contributed by atoms with Crippen LogP contribution in [0.5, 0.6) is 0 Å². The molecule has 1 aliphatic carbocycles. The Labute approximate surface area is 175 Å². The van der Waals surface area contributed by atoms with Gasteiger partial charge in [0.15, 0.2) is 0 Å². The van der Waals surface area contributed by atoms with E-state index in [2.05, 4.69) is 4.99 Å². The lowest BCUT2D eigenvalue weighted by molar-refractivity contribution is -0.157. The number of rotatable bonds is 6. The van der Waals surface area contributed by atoms with Crippen molar-refractivity contribution < 1.29 is 21.9 Å². The average Bonchev–Trinajstić information content (AvgIpc) is 2.78. The Morgan fingerprint density at radius 3 is 2.15 bits per heavy atom. The molecule has 0 radical (unpaired) electrons. The van der Waals surface area contributed by atoms with Crippen LogP contribution in [-0.2, 0) is 9.53 Å². The van der Waals surface area contributed by atoms with Gasteiger partial charge in [-0.25, -0.2) is 4.79 Å². The van der Waals surface area contributed by atoms with Gasteiger partial charge in [0, 0.05) is 23.5 Å². The number of nitrogens with zero attached hydrogens (tertiary/aromatic N) is 1. The topological polar surface area (TPSA) is 38.7 Å². The van der Waals surface area contributed by atoms with Crippen LogP contribution in [0.1, 0.15) is 69.7 Å². The van der Waals surface area contributed by atoms with E-state index in [0.717, 1.165) is 0 Å². The molecule has 0 heterocycles. The van der Waals surface area contributed by atoms with Gasteiger partial charge in [-0.2, -0.15) is 0 Å². The molecule has 27 heavy (non-hydrogen) atoms. The van der Waals surface area contributed by atoms with E-state index in [-0.39, 0.29) is 5.71 Å². The van der Waals surface area contributed by atoms with E-state index >= 15 is 0 Å². The van der Waals surface area contributed by atoms with Gasteiger partial charge >= 0.3 is 5.97 Å². The molecule has 1 unspecified atom stereocenters. The number of aliphatic imine (C=N–C) groups is 1. The van der Waals surface area contributed by atoms with Gasteiger partial charge in [-0.1, -0.05) is 79.8 Å². The van der Waals surface area contributed by atoms with Crippen molar-refractivity contribution in [2.75, 3.05) is 0 Å². The minimum Gasteiger partial charge on any atom is -0.458 e. The molecule has 1 atom stereocenters. The highest BCUT2D eigenvalue weighted by molar-refractivity contribution is 6.13. The molecule has 0 aromatic heterocycles. The van der Waals surface area contributed by atoms with E-state index in [1.165, 1.54) is 0 Å². The first-order valence-corrected chi connectivity index (χ1v) is 8.74. The summed E-state index contributed by atoms with van der Waals surface area (Å²) in [4.78, 5) is 17.8. The van der Waals surface area contributed by atoms with Crippen LogP contribution in [0, 0.1) is 5.89 Å². The summed E-state index contributed by atoms with van der Waals surface area (Å²) in [6.45, 7) is 4.65. The minimum absolute atomic E-state index is 0.156. The first-order valence-electron chi connectivity index (χ1n) is 13.2. The van der Waals surface area contributed by atoms with E-state index < -0.39 is 49.0 Å². The monoisotopic (exact) mass is 372 g/mol. The molecule has 3 heteroatoms. The van der Waals surface area contributed by atoms with E-state index in [4.69, 9.17) is 17.1 Å². The van der Waals surface area contributed by atoms with Crippen LogP contribution in [-0.4, -0.2) is 23.3 Å². The number of benzene rings is 2. The van der Waals surface area contributed by atoms with Crippen molar-refractivity contribution in [1.82, 2.24) is 0 Å². The van der Waals surface area contributed by atoms with Gasteiger partial charge in [-0.3, -0.25) is 4.99 Å². The van der Waals surface area contributed by atoms with Crippen LogP contribution in [0.3, 0.4) is 0 Å². The minimum atomic E-state index is -3.33. The van der Waals surface area contributed by atoms with Gasteiger partial charge in [0.05, 0.1) is 5.71 Å². The number of esters is 1. The van der Waals surface area contributed by atoms with Crippen LogP contribution >= 0.6 is 0 Å². The third-order valence-electron chi connectivity index (χ3n) is 3.64. The Bertz CT molecular complexity index is 1080. The maximum Gasteiger partial charge on any atom is 0.331 e. The molecule has 0 bridgehead atoms. The second-order valence-corrected chi connectivity index (χ2v) is 7.04. The van der Waals surface area contributed by atoms with Crippen molar-refractivity contribution in [3.05, 3.63) is 71.8 Å². The largest absolute Gasteiger partial charge is 0.458 e. The molecule has 1 aliphatic rings. The zero-order chi connectivity index (χ0) is 27.4. The fraction of sp³-hybridized carbons (Fsp3) is 0.417. The van der Waals surface area contributed by atoms with Gasteiger partial charge in [0.2, 0.25) is 0 Å². The highest BCUT2D eigenvalue weighted by Crippen LogP contribution is 2.32. The van der Waals surface area contributed by atoms with Crippen molar-refractivity contribution in [3.8, 4) is 0 Å². The van der Waals surface area contributed by atoms with Crippen molar-refractivity contribution in [2.45, 2.75) is 57.9 Å². The van der Waals surface area contributed by atoms with Crippen LogP contribution in [0.2, 0.25) is 0 Å². The van der Waals surface area contributed by atoms with Gasteiger partial charge in [0.1, 0.15) is 11.6 Å². The quantitative estimate of drug-likeness (QED) is 0.501. The highest BCUT2D eigenvalue weighted by atomic mass is 16.6. The van der Waals surface area contributed by atoms with E-state index in [0.29, 0.717) is 11.1 Å². The lowest BCUT2D eigenvalue weighted by Crippen LogP contribution is -2.34. The summed E-state index contributed by atoms with van der Waals surface area (Å²) in [5.41, 5.74) is 0.0641. The first-order chi connectivity index (χ1) is 16.3. The Kier molecular flexibility index (Phi) is 3.40. The standard InChI is InChI=1S/C24H29NO2/c1-24(2,3)27-23(26)21(17-18-11-10-12-18)25-22(19-13-6-4-7-14-19)20-15-8-5-9-16-20/h4-9,13-16,18,21H,10-12,17H2,1-3H3/i10D2,11D2,12D2,17D2,18D. The smallest absolute Gasteiger partial charge is 0.331 e. The van der Waals surface area contributed by atoms with Crippen LogP contribution in [0.25, 0.3) is 0 Å². The molecule has 142 valence electrons. The van der Waals surface area contributed by atoms with E-state index in [1.807, 2.05) is 0 Å². The SMILES string of the molecule is [2H]C([2H])(C(N=C(c1ccccc1)c1ccccc1)C(=O)OC(C)(C)C)C1([2H])C([2H])([2H])C([2H])([2H])C1([2H])[2H]. The molecule has 3 rings (SSSR count). The van der Waals surface area contributed by atoms with Crippen molar-refractivity contribution in [3.63, 3.8) is 0 Å². The maximum absolute atomic E-state index is 13.4. The maximum atomic E-state index is 13.4. The molecule has 0 spiro atoms. The first kappa shape index (κ1) is 10.8. The highest BCUT2D eigenvalue weighted by Gasteiger charge is 2.30. The summed E-state index contributed by atoms with van der Waals surface area (Å²) < 4.78 is 80.2. The number of ether oxygens (including phenoxy) is 1. The van der Waals surface area contributed by atoms with Crippen LogP contribution in [0.4, 0.5) is 0 Å². The summed E-state index contributed by atoms with van der Waals surface area (Å²) in [6.07, 6.45) is -13.1. The molecule has 3 nitrogen and oxygen atoms in total. The molecule has 0 saturated heterocycles. The third-order valence-corrected chi connectivity index (χ3v) is 3.64. The number of hydrogen-bond acceptors (Lipinski definition) is 3. The van der Waals surface area contributed by atoms with Gasteiger partial charge in [-0.05, 0) is 33.0 Å². The summed E-state index contributed by atoms with van der Waals surface area (Å²) >= 11 is 0. The Balaban J connectivity index is 2.29. The molecule has 0 aliphatic heterocycles. The lowest BCUT2D eigenvalue weighted by atomic mass is 9.81. The summed E-state index contributed by atoms with van der Waals surface area (Å²) in [6, 6.07) is 14.9. The van der Waals surface area contributed by atoms with Crippen molar-refractivity contribution >= 4 is 11.7 Å². The second-order valence-electron chi connectivity index (χ2n) is 7.04. The Morgan fingerprint density at radius 2 is 1.67 bits per heavy atom.